The van der Waals surface area contributed by atoms with Crippen LogP contribution in [0.1, 0.15) is 45.0 Å². The Hall–Kier alpha value is -1.95. The van der Waals surface area contributed by atoms with Gasteiger partial charge < -0.3 is 4.90 Å². The largest absolute Gasteiger partial charge is 0.343 e. The second-order valence-electron chi connectivity index (χ2n) is 6.56. The van der Waals surface area contributed by atoms with E-state index in [-0.39, 0.29) is 11.5 Å². The molecule has 0 radical (unpaired) electrons. The Morgan fingerprint density at radius 2 is 1.91 bits per heavy atom. The number of aromatic nitrogens is 4. The predicted octanol–water partition coefficient (Wildman–Crippen LogP) is 3.68. The molecule has 0 saturated carbocycles. The van der Waals surface area contributed by atoms with Crippen molar-refractivity contribution in [1.82, 2.24) is 19.6 Å². The van der Waals surface area contributed by atoms with E-state index in [4.69, 9.17) is 4.98 Å². The summed E-state index contributed by atoms with van der Waals surface area (Å²) in [6.45, 7) is 8.66. The van der Waals surface area contributed by atoms with E-state index in [2.05, 4.69) is 49.7 Å². The molecule has 0 aliphatic carbocycles. The second-order valence-corrected chi connectivity index (χ2v) is 7.49. The van der Waals surface area contributed by atoms with E-state index in [9.17, 15) is 0 Å². The highest BCUT2D eigenvalue weighted by atomic mass is 32.1. The molecule has 0 aliphatic heterocycles. The van der Waals surface area contributed by atoms with Gasteiger partial charge in [-0.3, -0.25) is 4.98 Å². The monoisotopic (exact) mass is 315 g/mol. The van der Waals surface area contributed by atoms with Gasteiger partial charge in [-0.2, -0.15) is 0 Å². The third-order valence-corrected chi connectivity index (χ3v) is 4.89. The fraction of sp³-hybridized carbons (Fsp3) is 0.438. The molecule has 0 aromatic carbocycles. The predicted molar refractivity (Wildman–Crippen MR) is 90.6 cm³/mol. The van der Waals surface area contributed by atoms with Crippen LogP contribution in [-0.4, -0.2) is 26.6 Å². The van der Waals surface area contributed by atoms with Crippen molar-refractivity contribution >= 4 is 21.4 Å². The number of nitrogens with zero attached hydrogens (tertiary/aromatic N) is 5. The third kappa shape index (κ3) is 2.70. The van der Waals surface area contributed by atoms with Crippen LogP contribution in [0.5, 0.6) is 0 Å². The van der Waals surface area contributed by atoms with Crippen molar-refractivity contribution < 1.29 is 0 Å². The topological polar surface area (TPSA) is 46.3 Å². The molecule has 3 rings (SSSR count). The van der Waals surface area contributed by atoms with Gasteiger partial charge in [0, 0.05) is 24.9 Å². The summed E-state index contributed by atoms with van der Waals surface area (Å²) in [5.74, 6) is 0. The van der Waals surface area contributed by atoms with Crippen LogP contribution in [0.25, 0.3) is 4.96 Å². The zero-order chi connectivity index (χ0) is 15.9. The molecule has 116 valence electrons. The summed E-state index contributed by atoms with van der Waals surface area (Å²) in [5.41, 5.74) is 2.34. The number of hydrogen-bond acceptors (Lipinski definition) is 5. The maximum absolute atomic E-state index is 4.70. The standard InChI is InChI=1S/C16H21N5S/c1-11(12-6-8-17-9-7-12)20(5)15-19-21-10-13(16(2,3)4)18-14(21)22-15/h6-11H,1-5H3/t11-/m1/s1. The summed E-state index contributed by atoms with van der Waals surface area (Å²) in [4.78, 5) is 11.9. The van der Waals surface area contributed by atoms with E-state index in [1.165, 1.54) is 5.56 Å². The van der Waals surface area contributed by atoms with Crippen LogP contribution in [0, 0.1) is 0 Å². The van der Waals surface area contributed by atoms with Crippen molar-refractivity contribution in [3.63, 3.8) is 0 Å². The van der Waals surface area contributed by atoms with Gasteiger partial charge in [-0.15, -0.1) is 5.10 Å². The molecule has 0 N–H and O–H groups in total. The minimum Gasteiger partial charge on any atom is -0.343 e. The SMILES string of the molecule is C[C@H](c1ccncc1)N(C)c1nn2cc(C(C)(C)C)nc2s1. The molecular formula is C16H21N5S. The van der Waals surface area contributed by atoms with Crippen LogP contribution in [0.2, 0.25) is 0 Å². The van der Waals surface area contributed by atoms with Gasteiger partial charge in [-0.25, -0.2) is 9.50 Å². The van der Waals surface area contributed by atoms with Gasteiger partial charge in [0.2, 0.25) is 10.1 Å². The van der Waals surface area contributed by atoms with Crippen LogP contribution in [0.15, 0.2) is 30.7 Å². The lowest BCUT2D eigenvalue weighted by Gasteiger charge is -2.24. The molecular weight excluding hydrogens is 294 g/mol. The molecule has 3 heterocycles. The summed E-state index contributed by atoms with van der Waals surface area (Å²) >= 11 is 1.62. The molecule has 0 saturated heterocycles. The molecule has 0 unspecified atom stereocenters. The summed E-state index contributed by atoms with van der Waals surface area (Å²) in [7, 11) is 2.06. The van der Waals surface area contributed by atoms with Crippen molar-refractivity contribution in [3.8, 4) is 0 Å². The van der Waals surface area contributed by atoms with Crippen molar-refractivity contribution in [2.75, 3.05) is 11.9 Å². The number of pyridine rings is 1. The zero-order valence-electron chi connectivity index (χ0n) is 13.6. The first-order valence-corrected chi connectivity index (χ1v) is 8.17. The smallest absolute Gasteiger partial charge is 0.214 e. The van der Waals surface area contributed by atoms with E-state index in [0.29, 0.717) is 0 Å². The number of anilines is 1. The number of rotatable bonds is 3. The summed E-state index contributed by atoms with van der Waals surface area (Å²) in [6, 6.07) is 4.32. The van der Waals surface area contributed by atoms with E-state index in [1.807, 2.05) is 35.2 Å². The minimum atomic E-state index is 0.0455. The van der Waals surface area contributed by atoms with Crippen molar-refractivity contribution in [3.05, 3.63) is 42.0 Å². The van der Waals surface area contributed by atoms with Gasteiger partial charge in [0.15, 0.2) is 0 Å². The van der Waals surface area contributed by atoms with Crippen molar-refractivity contribution in [2.24, 2.45) is 0 Å². The van der Waals surface area contributed by atoms with Crippen LogP contribution < -0.4 is 4.90 Å². The Labute approximate surface area is 134 Å². The highest BCUT2D eigenvalue weighted by molar-refractivity contribution is 7.20. The van der Waals surface area contributed by atoms with E-state index in [1.54, 1.807) is 11.3 Å². The highest BCUT2D eigenvalue weighted by Crippen LogP contribution is 2.30. The van der Waals surface area contributed by atoms with Gasteiger partial charge in [-0.05, 0) is 24.6 Å². The van der Waals surface area contributed by atoms with Crippen molar-refractivity contribution in [2.45, 2.75) is 39.2 Å². The lowest BCUT2D eigenvalue weighted by molar-refractivity contribution is 0.572. The number of imidazole rings is 1. The Morgan fingerprint density at radius 3 is 2.50 bits per heavy atom. The van der Waals surface area contributed by atoms with Crippen LogP contribution in [0.4, 0.5) is 5.13 Å². The van der Waals surface area contributed by atoms with Gasteiger partial charge in [-0.1, -0.05) is 32.1 Å². The van der Waals surface area contributed by atoms with E-state index >= 15 is 0 Å². The molecule has 0 amide bonds. The van der Waals surface area contributed by atoms with Gasteiger partial charge in [0.25, 0.3) is 0 Å². The Balaban J connectivity index is 1.88. The molecule has 0 spiro atoms. The molecule has 1 atom stereocenters. The highest BCUT2D eigenvalue weighted by Gasteiger charge is 2.21. The van der Waals surface area contributed by atoms with Gasteiger partial charge in [0.05, 0.1) is 17.9 Å². The Morgan fingerprint density at radius 1 is 1.23 bits per heavy atom. The lowest BCUT2D eigenvalue weighted by atomic mass is 9.93. The van der Waals surface area contributed by atoms with Crippen LogP contribution >= 0.6 is 11.3 Å². The van der Waals surface area contributed by atoms with Crippen molar-refractivity contribution in [1.29, 1.82) is 0 Å². The fourth-order valence-electron chi connectivity index (χ4n) is 2.22. The maximum atomic E-state index is 4.70. The first-order chi connectivity index (χ1) is 10.4. The normalized spacial score (nSPS) is 13.5. The Kier molecular flexibility index (Phi) is 3.64. The lowest BCUT2D eigenvalue weighted by Crippen LogP contribution is -2.21. The Bertz CT molecular complexity index is 737. The maximum Gasteiger partial charge on any atom is 0.214 e. The first kappa shape index (κ1) is 15.0. The first-order valence-electron chi connectivity index (χ1n) is 7.36. The average Bonchev–Trinajstić information content (AvgIpc) is 3.04. The molecule has 0 fully saturated rings. The minimum absolute atomic E-state index is 0.0455. The van der Waals surface area contributed by atoms with E-state index < -0.39 is 0 Å². The summed E-state index contributed by atoms with van der Waals surface area (Å²) in [6.07, 6.45) is 5.67. The molecule has 5 nitrogen and oxygen atoms in total. The molecule has 3 aromatic heterocycles. The average molecular weight is 315 g/mol. The third-order valence-electron chi connectivity index (χ3n) is 3.87. The summed E-state index contributed by atoms with van der Waals surface area (Å²) < 4.78 is 1.89. The quantitative estimate of drug-likeness (QED) is 0.739. The molecule has 0 bridgehead atoms. The van der Waals surface area contributed by atoms with Gasteiger partial charge in [0.1, 0.15) is 0 Å². The van der Waals surface area contributed by atoms with E-state index in [0.717, 1.165) is 15.8 Å². The molecule has 6 heteroatoms. The zero-order valence-corrected chi connectivity index (χ0v) is 14.4. The van der Waals surface area contributed by atoms with Gasteiger partial charge >= 0.3 is 0 Å². The molecule has 3 aromatic rings. The molecule has 22 heavy (non-hydrogen) atoms. The summed E-state index contributed by atoms with van der Waals surface area (Å²) in [5, 5.41) is 5.64. The molecule has 0 aliphatic rings. The number of hydrogen-bond donors (Lipinski definition) is 0. The number of fused-ring (bicyclic) bond motifs is 1. The van der Waals surface area contributed by atoms with Crippen LogP contribution in [-0.2, 0) is 5.41 Å². The second kappa shape index (κ2) is 5.35. The van der Waals surface area contributed by atoms with Crippen LogP contribution in [0.3, 0.4) is 0 Å². The fourth-order valence-corrected chi connectivity index (χ4v) is 3.15.